The van der Waals surface area contributed by atoms with Gasteiger partial charge in [0.1, 0.15) is 5.78 Å². The Kier molecular flexibility index (Phi) is 4.54. The molecule has 1 aliphatic rings. The van der Waals surface area contributed by atoms with E-state index in [1.54, 1.807) is 0 Å². The molecule has 1 aromatic carbocycles. The molecule has 0 spiro atoms. The van der Waals surface area contributed by atoms with E-state index in [0.717, 1.165) is 19.3 Å². The molecule has 2 unspecified atom stereocenters. The van der Waals surface area contributed by atoms with Gasteiger partial charge in [-0.25, -0.2) is 0 Å². The van der Waals surface area contributed by atoms with Gasteiger partial charge in [-0.2, -0.15) is 0 Å². The summed E-state index contributed by atoms with van der Waals surface area (Å²) < 4.78 is 0. The van der Waals surface area contributed by atoms with Crippen molar-refractivity contribution in [3.05, 3.63) is 35.4 Å². The van der Waals surface area contributed by atoms with Gasteiger partial charge in [-0.15, -0.1) is 0 Å². The Bertz CT molecular complexity index is 413. The molecular formula is C16H23NO. The van der Waals surface area contributed by atoms with E-state index in [4.69, 9.17) is 5.73 Å². The number of hydrogen-bond acceptors (Lipinski definition) is 2. The van der Waals surface area contributed by atoms with Gasteiger partial charge in [0.25, 0.3) is 0 Å². The number of Topliss-reactive ketones (excluding diaryl/α,β-unsaturated/α-hetero) is 1. The average molecular weight is 245 g/mol. The van der Waals surface area contributed by atoms with Gasteiger partial charge in [-0.1, -0.05) is 31.2 Å². The predicted molar refractivity (Wildman–Crippen MR) is 74.6 cm³/mol. The Morgan fingerprint density at radius 1 is 1.44 bits per heavy atom. The predicted octanol–water partition coefficient (Wildman–Crippen LogP) is 3.19. The number of hydrogen-bond donors (Lipinski definition) is 1. The zero-order valence-electron chi connectivity index (χ0n) is 11.2. The molecule has 0 aromatic heterocycles. The van der Waals surface area contributed by atoms with Crippen LogP contribution < -0.4 is 5.73 Å². The summed E-state index contributed by atoms with van der Waals surface area (Å²) in [6.07, 6.45) is 5.60. The summed E-state index contributed by atoms with van der Waals surface area (Å²) in [5.74, 6) is 0.748. The minimum Gasteiger partial charge on any atom is -0.327 e. The molecule has 0 saturated heterocycles. The van der Waals surface area contributed by atoms with Crippen LogP contribution in [0.3, 0.4) is 0 Å². The number of ketones is 1. The lowest BCUT2D eigenvalue weighted by molar-refractivity contribution is -0.119. The van der Waals surface area contributed by atoms with Gasteiger partial charge < -0.3 is 5.73 Å². The van der Waals surface area contributed by atoms with Crippen LogP contribution in [-0.4, -0.2) is 11.8 Å². The summed E-state index contributed by atoms with van der Waals surface area (Å²) in [5.41, 5.74) is 8.68. The molecule has 2 nitrogen and oxygen atoms in total. The van der Waals surface area contributed by atoms with Crippen LogP contribution in [0, 0.1) is 0 Å². The van der Waals surface area contributed by atoms with Crippen molar-refractivity contribution in [2.24, 2.45) is 5.73 Å². The van der Waals surface area contributed by atoms with Crippen molar-refractivity contribution >= 4 is 5.78 Å². The molecule has 1 aliphatic carbocycles. The first-order chi connectivity index (χ1) is 8.70. The van der Waals surface area contributed by atoms with Crippen molar-refractivity contribution < 1.29 is 4.79 Å². The molecule has 0 amide bonds. The summed E-state index contributed by atoms with van der Waals surface area (Å²) >= 11 is 0. The van der Waals surface area contributed by atoms with Crippen LogP contribution in [0.25, 0.3) is 0 Å². The number of aryl methyl sites for hydroxylation is 1. The lowest BCUT2D eigenvalue weighted by atomic mass is 9.80. The highest BCUT2D eigenvalue weighted by Gasteiger charge is 2.22. The number of carbonyl (C=O) groups excluding carboxylic acids is 1. The largest absolute Gasteiger partial charge is 0.327 e. The highest BCUT2D eigenvalue weighted by molar-refractivity contribution is 5.80. The second-order valence-electron chi connectivity index (χ2n) is 5.40. The number of nitrogens with two attached hydrogens (primary N) is 1. The molecule has 2 N–H and O–H groups in total. The highest BCUT2D eigenvalue weighted by atomic mass is 16.1. The van der Waals surface area contributed by atoms with E-state index < -0.39 is 0 Å². The Morgan fingerprint density at radius 2 is 2.22 bits per heavy atom. The van der Waals surface area contributed by atoms with Gasteiger partial charge in [0.05, 0.1) is 0 Å². The highest BCUT2D eigenvalue weighted by Crippen LogP contribution is 2.34. The molecule has 0 radical (unpaired) electrons. The van der Waals surface area contributed by atoms with E-state index in [0.29, 0.717) is 24.5 Å². The third-order valence-corrected chi connectivity index (χ3v) is 3.98. The SMILES string of the molecule is CCC(N)CC(=O)CC1CCCc2ccccc21. The van der Waals surface area contributed by atoms with Crippen LogP contribution in [-0.2, 0) is 11.2 Å². The van der Waals surface area contributed by atoms with Crippen molar-refractivity contribution in [3.8, 4) is 0 Å². The second kappa shape index (κ2) is 6.14. The van der Waals surface area contributed by atoms with Crippen LogP contribution in [0.2, 0.25) is 0 Å². The minimum atomic E-state index is 0.0383. The number of benzene rings is 1. The molecule has 2 rings (SSSR count). The maximum atomic E-state index is 12.0. The van der Waals surface area contributed by atoms with E-state index in [2.05, 4.69) is 24.3 Å². The number of carbonyl (C=O) groups is 1. The molecule has 0 fully saturated rings. The standard InChI is InChI=1S/C16H23NO/c1-2-14(17)11-15(18)10-13-8-5-7-12-6-3-4-9-16(12)13/h3-4,6,9,13-14H,2,5,7-8,10-11,17H2,1H3. The van der Waals surface area contributed by atoms with Crippen LogP contribution in [0.5, 0.6) is 0 Å². The fraction of sp³-hybridized carbons (Fsp3) is 0.562. The van der Waals surface area contributed by atoms with E-state index in [-0.39, 0.29) is 6.04 Å². The van der Waals surface area contributed by atoms with Crippen molar-refractivity contribution in [3.63, 3.8) is 0 Å². The summed E-state index contributed by atoms with van der Waals surface area (Å²) in [4.78, 5) is 12.0. The van der Waals surface area contributed by atoms with Gasteiger partial charge >= 0.3 is 0 Å². The fourth-order valence-electron chi connectivity index (χ4n) is 2.86. The molecule has 18 heavy (non-hydrogen) atoms. The molecule has 0 aliphatic heterocycles. The first-order valence-corrected chi connectivity index (χ1v) is 7.05. The van der Waals surface area contributed by atoms with E-state index >= 15 is 0 Å². The maximum absolute atomic E-state index is 12.0. The third kappa shape index (κ3) is 3.20. The lowest BCUT2D eigenvalue weighted by Crippen LogP contribution is -2.24. The van der Waals surface area contributed by atoms with Gasteiger partial charge in [0.2, 0.25) is 0 Å². The summed E-state index contributed by atoms with van der Waals surface area (Å²) in [6.45, 7) is 2.04. The van der Waals surface area contributed by atoms with Crippen molar-refractivity contribution in [2.45, 2.75) is 57.4 Å². The maximum Gasteiger partial charge on any atom is 0.135 e. The van der Waals surface area contributed by atoms with Gasteiger partial charge in [0, 0.05) is 18.9 Å². The lowest BCUT2D eigenvalue weighted by Gasteiger charge is -2.25. The number of rotatable bonds is 5. The quantitative estimate of drug-likeness (QED) is 0.865. The summed E-state index contributed by atoms with van der Waals surface area (Å²) in [7, 11) is 0. The monoisotopic (exact) mass is 245 g/mol. The van der Waals surface area contributed by atoms with Crippen molar-refractivity contribution in [2.75, 3.05) is 0 Å². The molecule has 0 saturated carbocycles. The van der Waals surface area contributed by atoms with Gasteiger partial charge in [-0.3, -0.25) is 4.79 Å². The topological polar surface area (TPSA) is 43.1 Å². The average Bonchev–Trinajstić information content (AvgIpc) is 2.39. The van der Waals surface area contributed by atoms with Gasteiger partial charge in [-0.05, 0) is 42.7 Å². The van der Waals surface area contributed by atoms with E-state index in [1.807, 2.05) is 6.92 Å². The fourth-order valence-corrected chi connectivity index (χ4v) is 2.86. The first kappa shape index (κ1) is 13.3. The normalized spacial score (nSPS) is 20.2. The summed E-state index contributed by atoms with van der Waals surface area (Å²) in [5, 5.41) is 0. The molecule has 98 valence electrons. The zero-order chi connectivity index (χ0) is 13.0. The third-order valence-electron chi connectivity index (χ3n) is 3.98. The van der Waals surface area contributed by atoms with Crippen LogP contribution in [0.4, 0.5) is 0 Å². The minimum absolute atomic E-state index is 0.0383. The second-order valence-corrected chi connectivity index (χ2v) is 5.40. The Morgan fingerprint density at radius 3 is 3.00 bits per heavy atom. The van der Waals surface area contributed by atoms with Crippen LogP contribution >= 0.6 is 0 Å². The van der Waals surface area contributed by atoms with Crippen LogP contribution in [0.15, 0.2) is 24.3 Å². The van der Waals surface area contributed by atoms with Crippen molar-refractivity contribution in [1.29, 1.82) is 0 Å². The smallest absolute Gasteiger partial charge is 0.135 e. The zero-order valence-corrected chi connectivity index (χ0v) is 11.2. The molecule has 2 atom stereocenters. The first-order valence-electron chi connectivity index (χ1n) is 7.05. The molecule has 0 bridgehead atoms. The molecule has 2 heteroatoms. The Labute approximate surface area is 110 Å². The number of fused-ring (bicyclic) bond motifs is 1. The van der Waals surface area contributed by atoms with Crippen molar-refractivity contribution in [1.82, 2.24) is 0 Å². The van der Waals surface area contributed by atoms with E-state index in [1.165, 1.54) is 17.5 Å². The molecule has 0 heterocycles. The Balaban J connectivity index is 2.01. The molecule has 1 aromatic rings. The summed E-state index contributed by atoms with van der Waals surface area (Å²) in [6, 6.07) is 8.60. The van der Waals surface area contributed by atoms with Crippen LogP contribution in [0.1, 0.15) is 56.1 Å². The van der Waals surface area contributed by atoms with Gasteiger partial charge in [0.15, 0.2) is 0 Å². The Hall–Kier alpha value is -1.15. The molecular weight excluding hydrogens is 222 g/mol. The van der Waals surface area contributed by atoms with E-state index in [9.17, 15) is 4.79 Å².